The van der Waals surface area contributed by atoms with Gasteiger partial charge in [-0.2, -0.15) is 4.37 Å². The van der Waals surface area contributed by atoms with E-state index in [4.69, 9.17) is 5.73 Å². The number of rotatable bonds is 6. The van der Waals surface area contributed by atoms with Gasteiger partial charge in [0.05, 0.1) is 5.75 Å². The van der Waals surface area contributed by atoms with Gasteiger partial charge in [-0.3, -0.25) is 0 Å². The van der Waals surface area contributed by atoms with E-state index in [-0.39, 0.29) is 16.5 Å². The van der Waals surface area contributed by atoms with Crippen molar-refractivity contribution in [3.8, 4) is 0 Å². The van der Waals surface area contributed by atoms with Gasteiger partial charge < -0.3 is 16.0 Å². The monoisotopic (exact) mass is 332 g/mol. The molecule has 1 fully saturated rings. The Hall–Kier alpha value is -0.860. The molecule has 1 aliphatic rings. The number of nitrogens with one attached hydrogen (secondary N) is 1. The van der Waals surface area contributed by atoms with Gasteiger partial charge in [-0.05, 0) is 44.4 Å². The summed E-state index contributed by atoms with van der Waals surface area (Å²) in [5.74, 6) is 0.223. The van der Waals surface area contributed by atoms with E-state index in [1.807, 2.05) is 6.92 Å². The first-order chi connectivity index (χ1) is 9.95. The van der Waals surface area contributed by atoms with E-state index in [1.54, 1.807) is 0 Å². The van der Waals surface area contributed by atoms with Crippen LogP contribution >= 0.6 is 11.5 Å². The van der Waals surface area contributed by atoms with Crippen molar-refractivity contribution in [2.45, 2.75) is 43.5 Å². The molecule has 2 rings (SSSR count). The van der Waals surface area contributed by atoms with Crippen molar-refractivity contribution in [2.24, 2.45) is 0 Å². The molecule has 120 valence electrons. The molecule has 0 aliphatic carbocycles. The molecule has 1 atom stereocenters. The number of nitrogen functional groups attached to an aromatic ring is 1. The lowest BCUT2D eigenvalue weighted by atomic mass is 10.0. The second kappa shape index (κ2) is 6.93. The van der Waals surface area contributed by atoms with E-state index in [2.05, 4.69) is 21.6 Å². The fourth-order valence-electron chi connectivity index (χ4n) is 2.69. The fourth-order valence-corrected chi connectivity index (χ4v) is 5.32. The smallest absolute Gasteiger partial charge is 0.185 e. The summed E-state index contributed by atoms with van der Waals surface area (Å²) in [6.07, 6.45) is 4.16. The molecule has 21 heavy (non-hydrogen) atoms. The number of piperidine rings is 1. The molecular weight excluding hydrogens is 308 g/mol. The maximum atomic E-state index is 12.3. The lowest BCUT2D eigenvalue weighted by Gasteiger charge is -2.32. The van der Waals surface area contributed by atoms with Crippen molar-refractivity contribution < 1.29 is 8.42 Å². The van der Waals surface area contributed by atoms with Gasteiger partial charge in [0.25, 0.3) is 0 Å². The quantitative estimate of drug-likeness (QED) is 0.826. The Kier molecular flexibility index (Phi) is 5.45. The molecule has 3 N–H and O–H groups in total. The zero-order chi connectivity index (χ0) is 15.5. The standard InChI is InChI=1S/C13H24N4O2S2/c1-3-8-21(18,19)11-12(14)16-20-13(11)15-9-10-6-4-5-7-17(10)2/h10,15H,3-9H2,1-2H3,(H2,14,16). The van der Waals surface area contributed by atoms with Crippen molar-refractivity contribution in [3.63, 3.8) is 0 Å². The second-order valence-electron chi connectivity index (χ2n) is 5.56. The highest BCUT2D eigenvalue weighted by Crippen LogP contribution is 2.32. The highest BCUT2D eigenvalue weighted by molar-refractivity contribution is 7.91. The highest BCUT2D eigenvalue weighted by Gasteiger charge is 2.26. The topological polar surface area (TPSA) is 88.3 Å². The van der Waals surface area contributed by atoms with Crippen LogP contribution in [0, 0.1) is 0 Å². The van der Waals surface area contributed by atoms with Crippen LogP contribution in [0.25, 0.3) is 0 Å². The number of hydrogen-bond acceptors (Lipinski definition) is 7. The minimum Gasteiger partial charge on any atom is -0.382 e. The summed E-state index contributed by atoms with van der Waals surface area (Å²) in [6, 6.07) is 0.434. The van der Waals surface area contributed by atoms with Gasteiger partial charge in [0, 0.05) is 12.6 Å². The summed E-state index contributed by atoms with van der Waals surface area (Å²) in [7, 11) is -1.24. The lowest BCUT2D eigenvalue weighted by molar-refractivity contribution is 0.194. The number of likely N-dealkylation sites (tertiary alicyclic amines) is 1. The number of aromatic nitrogens is 1. The zero-order valence-electron chi connectivity index (χ0n) is 12.6. The number of anilines is 2. The molecule has 8 heteroatoms. The average Bonchev–Trinajstić information content (AvgIpc) is 2.80. The maximum Gasteiger partial charge on any atom is 0.185 e. The number of nitrogens with zero attached hydrogens (tertiary/aromatic N) is 2. The Balaban J connectivity index is 2.11. The third kappa shape index (κ3) is 3.87. The average molecular weight is 332 g/mol. The first-order valence-corrected chi connectivity index (χ1v) is 9.80. The molecule has 0 aromatic carbocycles. The van der Waals surface area contributed by atoms with E-state index >= 15 is 0 Å². The fraction of sp³-hybridized carbons (Fsp3) is 0.769. The van der Waals surface area contributed by atoms with Crippen molar-refractivity contribution in [2.75, 3.05) is 36.9 Å². The van der Waals surface area contributed by atoms with Crippen LogP contribution in [0.15, 0.2) is 4.90 Å². The van der Waals surface area contributed by atoms with E-state index < -0.39 is 9.84 Å². The summed E-state index contributed by atoms with van der Waals surface area (Å²) < 4.78 is 28.6. The minimum absolute atomic E-state index is 0.105. The molecule has 1 saturated heterocycles. The largest absolute Gasteiger partial charge is 0.382 e. The van der Waals surface area contributed by atoms with Gasteiger partial charge in [0.15, 0.2) is 15.7 Å². The van der Waals surface area contributed by atoms with Gasteiger partial charge in [-0.15, -0.1) is 0 Å². The maximum absolute atomic E-state index is 12.3. The summed E-state index contributed by atoms with van der Waals surface area (Å²) in [5.41, 5.74) is 5.76. The SMILES string of the molecule is CCCS(=O)(=O)c1c(N)nsc1NCC1CCCCN1C. The zero-order valence-corrected chi connectivity index (χ0v) is 14.3. The van der Waals surface area contributed by atoms with Crippen LogP contribution in [0.4, 0.5) is 10.8 Å². The summed E-state index contributed by atoms with van der Waals surface area (Å²) in [6.45, 7) is 3.67. The van der Waals surface area contributed by atoms with E-state index in [1.165, 1.54) is 12.8 Å². The third-order valence-electron chi connectivity index (χ3n) is 3.88. The Bertz CT molecular complexity index is 571. The van der Waals surface area contributed by atoms with Crippen molar-refractivity contribution in [3.05, 3.63) is 0 Å². The normalized spacial score (nSPS) is 20.6. The van der Waals surface area contributed by atoms with Crippen LogP contribution in [0.2, 0.25) is 0 Å². The molecule has 1 aliphatic heterocycles. The minimum atomic E-state index is -3.35. The van der Waals surface area contributed by atoms with Crippen LogP contribution in [0.3, 0.4) is 0 Å². The van der Waals surface area contributed by atoms with Gasteiger partial charge in [0.1, 0.15) is 9.90 Å². The molecule has 1 aromatic heterocycles. The molecule has 0 radical (unpaired) electrons. The van der Waals surface area contributed by atoms with Crippen LogP contribution in [0.1, 0.15) is 32.6 Å². The Labute approximate surface area is 130 Å². The van der Waals surface area contributed by atoms with Gasteiger partial charge >= 0.3 is 0 Å². The van der Waals surface area contributed by atoms with Crippen molar-refractivity contribution in [1.29, 1.82) is 0 Å². The summed E-state index contributed by atoms with van der Waals surface area (Å²) in [4.78, 5) is 2.51. The summed E-state index contributed by atoms with van der Waals surface area (Å²) >= 11 is 1.13. The molecule has 0 amide bonds. The Morgan fingerprint density at radius 1 is 1.48 bits per heavy atom. The van der Waals surface area contributed by atoms with Crippen LogP contribution in [-0.4, -0.2) is 49.6 Å². The number of hydrogen-bond donors (Lipinski definition) is 2. The van der Waals surface area contributed by atoms with Crippen molar-refractivity contribution >= 4 is 32.2 Å². The highest BCUT2D eigenvalue weighted by atomic mass is 32.2. The predicted molar refractivity (Wildman–Crippen MR) is 87.6 cm³/mol. The van der Waals surface area contributed by atoms with Crippen LogP contribution in [-0.2, 0) is 9.84 Å². The summed E-state index contributed by atoms with van der Waals surface area (Å²) in [5, 5.41) is 3.84. The number of sulfone groups is 1. The van der Waals surface area contributed by atoms with Crippen LogP contribution < -0.4 is 11.1 Å². The molecule has 6 nitrogen and oxygen atoms in total. The van der Waals surface area contributed by atoms with E-state index in [0.717, 1.165) is 31.0 Å². The second-order valence-corrected chi connectivity index (χ2v) is 8.38. The Morgan fingerprint density at radius 3 is 2.90 bits per heavy atom. The van der Waals surface area contributed by atoms with Gasteiger partial charge in [0.2, 0.25) is 0 Å². The first-order valence-electron chi connectivity index (χ1n) is 7.37. The van der Waals surface area contributed by atoms with Crippen LogP contribution in [0.5, 0.6) is 0 Å². The third-order valence-corrected chi connectivity index (χ3v) is 6.81. The molecule has 0 saturated carbocycles. The molecule has 0 bridgehead atoms. The number of nitrogens with two attached hydrogens (primary N) is 1. The molecule has 0 spiro atoms. The molecule has 2 heterocycles. The van der Waals surface area contributed by atoms with E-state index in [0.29, 0.717) is 17.5 Å². The van der Waals surface area contributed by atoms with Crippen molar-refractivity contribution in [1.82, 2.24) is 9.27 Å². The Morgan fingerprint density at radius 2 is 2.24 bits per heavy atom. The number of likely N-dealkylation sites (N-methyl/N-ethyl adjacent to an activating group) is 1. The first kappa shape index (κ1) is 16.5. The molecule has 1 unspecified atom stereocenters. The van der Waals surface area contributed by atoms with Gasteiger partial charge in [-0.1, -0.05) is 13.3 Å². The van der Waals surface area contributed by atoms with E-state index in [9.17, 15) is 8.42 Å². The lowest BCUT2D eigenvalue weighted by Crippen LogP contribution is -2.40. The predicted octanol–water partition coefficient (Wildman–Crippen LogP) is 1.81. The van der Waals surface area contributed by atoms with Gasteiger partial charge in [-0.25, -0.2) is 8.42 Å². The molecular formula is C13H24N4O2S2. The molecule has 1 aromatic rings.